The van der Waals surface area contributed by atoms with Crippen LogP contribution in [0.3, 0.4) is 0 Å². The number of nitrogens with one attached hydrogen (secondary N) is 1. The van der Waals surface area contributed by atoms with E-state index >= 15 is 0 Å². The SMILES string of the molecule is COC(=O)CS(=O)(=O)Nc1cccc(C(=O)OC)c1. The second-order valence-corrected chi connectivity index (χ2v) is 5.23. The van der Waals surface area contributed by atoms with Gasteiger partial charge in [-0.25, -0.2) is 13.2 Å². The zero-order valence-corrected chi connectivity index (χ0v) is 11.2. The van der Waals surface area contributed by atoms with Gasteiger partial charge in [-0.1, -0.05) is 6.07 Å². The number of sulfonamides is 1. The molecule has 7 nitrogen and oxygen atoms in total. The van der Waals surface area contributed by atoms with Gasteiger partial charge in [0.15, 0.2) is 5.75 Å². The Morgan fingerprint density at radius 2 is 1.89 bits per heavy atom. The normalized spacial score (nSPS) is 10.6. The summed E-state index contributed by atoms with van der Waals surface area (Å²) < 4.78 is 34.1. The van der Waals surface area contributed by atoms with Crippen LogP contribution in [0.15, 0.2) is 24.3 Å². The monoisotopic (exact) mass is 287 g/mol. The summed E-state index contributed by atoms with van der Waals surface area (Å²) in [6, 6.07) is 5.72. The van der Waals surface area contributed by atoms with Gasteiger partial charge in [0.2, 0.25) is 10.0 Å². The Morgan fingerprint density at radius 1 is 1.21 bits per heavy atom. The number of esters is 2. The van der Waals surface area contributed by atoms with Crippen molar-refractivity contribution >= 4 is 27.6 Å². The summed E-state index contributed by atoms with van der Waals surface area (Å²) in [7, 11) is -1.56. The van der Waals surface area contributed by atoms with E-state index in [1.54, 1.807) is 0 Å². The minimum atomic E-state index is -3.87. The quantitative estimate of drug-likeness (QED) is 0.786. The Kier molecular flexibility index (Phi) is 4.87. The first-order valence-corrected chi connectivity index (χ1v) is 6.79. The van der Waals surface area contributed by atoms with Crippen LogP contribution in [-0.2, 0) is 24.3 Å². The lowest BCUT2D eigenvalue weighted by atomic mass is 10.2. The predicted molar refractivity (Wildman–Crippen MR) is 67.2 cm³/mol. The second kappa shape index (κ2) is 6.19. The van der Waals surface area contributed by atoms with E-state index in [0.717, 1.165) is 7.11 Å². The van der Waals surface area contributed by atoms with E-state index in [1.165, 1.54) is 31.4 Å². The summed E-state index contributed by atoms with van der Waals surface area (Å²) in [5.74, 6) is -2.27. The number of hydrogen-bond donors (Lipinski definition) is 1. The Bertz CT molecular complexity index is 581. The lowest BCUT2D eigenvalue weighted by Gasteiger charge is -2.08. The summed E-state index contributed by atoms with van der Waals surface area (Å²) in [5, 5.41) is 0. The Labute approximate surface area is 110 Å². The fourth-order valence-corrected chi connectivity index (χ4v) is 2.24. The highest BCUT2D eigenvalue weighted by Gasteiger charge is 2.17. The van der Waals surface area contributed by atoms with Gasteiger partial charge in [0.05, 0.1) is 19.8 Å². The van der Waals surface area contributed by atoms with E-state index in [9.17, 15) is 18.0 Å². The smallest absolute Gasteiger partial charge is 0.337 e. The Morgan fingerprint density at radius 3 is 2.47 bits per heavy atom. The number of carbonyl (C=O) groups excluding carboxylic acids is 2. The van der Waals surface area contributed by atoms with Crippen LogP contribution in [0.5, 0.6) is 0 Å². The fraction of sp³-hybridized carbons (Fsp3) is 0.273. The van der Waals surface area contributed by atoms with Crippen LogP contribution in [-0.4, -0.2) is 40.3 Å². The molecule has 0 aliphatic rings. The van der Waals surface area contributed by atoms with Crippen LogP contribution >= 0.6 is 0 Å². The van der Waals surface area contributed by atoms with E-state index in [-0.39, 0.29) is 11.3 Å². The molecule has 0 saturated heterocycles. The maximum absolute atomic E-state index is 11.6. The van der Waals surface area contributed by atoms with Crippen molar-refractivity contribution in [3.8, 4) is 0 Å². The van der Waals surface area contributed by atoms with Crippen LogP contribution in [0.4, 0.5) is 5.69 Å². The van der Waals surface area contributed by atoms with Gasteiger partial charge in [-0.3, -0.25) is 9.52 Å². The summed E-state index contributed by atoms with van der Waals surface area (Å²) in [6.07, 6.45) is 0. The minimum absolute atomic E-state index is 0.159. The second-order valence-electron chi connectivity index (χ2n) is 3.51. The molecule has 0 saturated carbocycles. The summed E-state index contributed by atoms with van der Waals surface area (Å²) in [4.78, 5) is 22.2. The van der Waals surface area contributed by atoms with Crippen molar-refractivity contribution in [3.63, 3.8) is 0 Å². The predicted octanol–water partition coefficient (Wildman–Crippen LogP) is 0.388. The zero-order valence-electron chi connectivity index (χ0n) is 10.4. The highest BCUT2D eigenvalue weighted by atomic mass is 32.2. The number of rotatable bonds is 5. The highest BCUT2D eigenvalue weighted by Crippen LogP contribution is 2.13. The number of hydrogen-bond acceptors (Lipinski definition) is 6. The van der Waals surface area contributed by atoms with Crippen molar-refractivity contribution in [1.29, 1.82) is 0 Å². The molecule has 104 valence electrons. The lowest BCUT2D eigenvalue weighted by molar-refractivity contribution is -0.137. The largest absolute Gasteiger partial charge is 0.468 e. The minimum Gasteiger partial charge on any atom is -0.468 e. The molecule has 0 aromatic heterocycles. The molecule has 1 N–H and O–H groups in total. The maximum atomic E-state index is 11.6. The first-order valence-electron chi connectivity index (χ1n) is 5.13. The molecule has 19 heavy (non-hydrogen) atoms. The summed E-state index contributed by atoms with van der Waals surface area (Å²) in [6.45, 7) is 0. The third kappa shape index (κ3) is 4.59. The number of methoxy groups -OCH3 is 2. The van der Waals surface area contributed by atoms with Crippen LogP contribution in [0.25, 0.3) is 0 Å². The van der Waals surface area contributed by atoms with Crippen molar-refractivity contribution < 1.29 is 27.5 Å². The van der Waals surface area contributed by atoms with Gasteiger partial charge < -0.3 is 9.47 Å². The molecule has 0 heterocycles. The van der Waals surface area contributed by atoms with Crippen molar-refractivity contribution in [1.82, 2.24) is 0 Å². The Hall–Kier alpha value is -2.09. The first-order chi connectivity index (χ1) is 8.88. The molecular formula is C11H13NO6S. The van der Waals surface area contributed by atoms with E-state index < -0.39 is 27.7 Å². The molecular weight excluding hydrogens is 274 g/mol. The van der Waals surface area contributed by atoms with Crippen LogP contribution in [0, 0.1) is 0 Å². The molecule has 0 aliphatic carbocycles. The fourth-order valence-electron chi connectivity index (χ4n) is 1.26. The van der Waals surface area contributed by atoms with Crippen molar-refractivity contribution in [2.75, 3.05) is 24.7 Å². The molecule has 0 radical (unpaired) electrons. The molecule has 0 unspecified atom stereocenters. The molecule has 0 fully saturated rings. The van der Waals surface area contributed by atoms with E-state index in [4.69, 9.17) is 0 Å². The molecule has 1 aromatic rings. The van der Waals surface area contributed by atoms with Gasteiger partial charge in [-0.15, -0.1) is 0 Å². The molecule has 1 rings (SSSR count). The summed E-state index contributed by atoms with van der Waals surface area (Å²) in [5.41, 5.74) is 0.354. The van der Waals surface area contributed by atoms with Gasteiger partial charge in [-0.05, 0) is 18.2 Å². The van der Waals surface area contributed by atoms with Gasteiger partial charge >= 0.3 is 11.9 Å². The maximum Gasteiger partial charge on any atom is 0.337 e. The number of carbonyl (C=O) groups is 2. The first kappa shape index (κ1) is 15.0. The Balaban J connectivity index is 2.88. The van der Waals surface area contributed by atoms with Gasteiger partial charge in [0.25, 0.3) is 0 Å². The molecule has 0 spiro atoms. The third-order valence-electron chi connectivity index (χ3n) is 2.09. The topological polar surface area (TPSA) is 98.8 Å². The van der Waals surface area contributed by atoms with E-state index in [1.807, 2.05) is 0 Å². The van der Waals surface area contributed by atoms with Crippen LogP contribution in [0.2, 0.25) is 0 Å². The summed E-state index contributed by atoms with van der Waals surface area (Å²) >= 11 is 0. The van der Waals surface area contributed by atoms with Crippen molar-refractivity contribution in [3.05, 3.63) is 29.8 Å². The van der Waals surface area contributed by atoms with Gasteiger partial charge in [0, 0.05) is 5.69 Å². The molecule has 8 heteroatoms. The lowest BCUT2D eigenvalue weighted by Crippen LogP contribution is -2.23. The van der Waals surface area contributed by atoms with E-state index in [2.05, 4.69) is 14.2 Å². The van der Waals surface area contributed by atoms with Crippen molar-refractivity contribution in [2.24, 2.45) is 0 Å². The third-order valence-corrected chi connectivity index (χ3v) is 3.26. The average Bonchev–Trinajstić information content (AvgIpc) is 2.36. The van der Waals surface area contributed by atoms with Crippen LogP contribution < -0.4 is 4.72 Å². The van der Waals surface area contributed by atoms with Crippen LogP contribution in [0.1, 0.15) is 10.4 Å². The zero-order chi connectivity index (χ0) is 14.5. The average molecular weight is 287 g/mol. The van der Waals surface area contributed by atoms with Gasteiger partial charge in [-0.2, -0.15) is 0 Å². The number of ether oxygens (including phenoxy) is 2. The highest BCUT2D eigenvalue weighted by molar-refractivity contribution is 7.93. The molecule has 0 amide bonds. The molecule has 0 bridgehead atoms. The standard InChI is InChI=1S/C11H13NO6S/c1-17-10(13)7-19(15,16)12-9-5-3-4-8(6-9)11(14)18-2/h3-6,12H,7H2,1-2H3. The number of anilines is 1. The van der Waals surface area contributed by atoms with Gasteiger partial charge in [0.1, 0.15) is 0 Å². The molecule has 0 atom stereocenters. The van der Waals surface area contributed by atoms with E-state index in [0.29, 0.717) is 0 Å². The number of benzene rings is 1. The molecule has 1 aromatic carbocycles. The van der Waals surface area contributed by atoms with Crippen molar-refractivity contribution in [2.45, 2.75) is 0 Å². The molecule has 0 aliphatic heterocycles.